The Morgan fingerprint density at radius 3 is 2.95 bits per heavy atom. The largest absolute Gasteiger partial charge is 0.461 e. The summed E-state index contributed by atoms with van der Waals surface area (Å²) in [6.45, 7) is 6.44. The van der Waals surface area contributed by atoms with Crippen LogP contribution in [-0.2, 0) is 4.74 Å². The van der Waals surface area contributed by atoms with Gasteiger partial charge in [-0.1, -0.05) is 26.0 Å². The molecule has 0 aliphatic carbocycles. The fraction of sp³-hybridized carbons (Fsp3) is 0.333. The summed E-state index contributed by atoms with van der Waals surface area (Å²) in [6.07, 6.45) is 0. The van der Waals surface area contributed by atoms with Crippen LogP contribution < -0.4 is 5.32 Å². The number of ether oxygens (including phenoxy) is 1. The van der Waals surface area contributed by atoms with E-state index in [0.717, 1.165) is 5.69 Å². The van der Waals surface area contributed by atoms with E-state index in [0.29, 0.717) is 23.4 Å². The summed E-state index contributed by atoms with van der Waals surface area (Å²) in [4.78, 5) is 15.8. The van der Waals surface area contributed by atoms with Crippen LogP contribution in [0.3, 0.4) is 0 Å². The van der Waals surface area contributed by atoms with E-state index in [2.05, 4.69) is 36.3 Å². The van der Waals surface area contributed by atoms with Crippen molar-refractivity contribution in [3.63, 3.8) is 0 Å². The lowest BCUT2D eigenvalue weighted by molar-refractivity contribution is 0.0520. The standard InChI is InChI=1S/C15H18N2O2S/c1-4-19-14(18)13-9-20-15(17-13)16-12-7-5-6-11(8-12)10(2)3/h5-10H,4H2,1-3H3,(H,16,17). The predicted molar refractivity (Wildman–Crippen MR) is 81.9 cm³/mol. The molecule has 0 atom stereocenters. The molecule has 0 unspecified atom stereocenters. The number of rotatable bonds is 5. The van der Waals surface area contributed by atoms with Crippen LogP contribution in [0.4, 0.5) is 10.8 Å². The Kier molecular flexibility index (Phi) is 4.74. The maximum Gasteiger partial charge on any atom is 0.357 e. The lowest BCUT2D eigenvalue weighted by Crippen LogP contribution is -2.05. The molecule has 0 saturated heterocycles. The van der Waals surface area contributed by atoms with Crippen molar-refractivity contribution < 1.29 is 9.53 Å². The molecule has 1 aromatic heterocycles. The maximum absolute atomic E-state index is 11.5. The van der Waals surface area contributed by atoms with Crippen LogP contribution in [0.2, 0.25) is 0 Å². The van der Waals surface area contributed by atoms with Gasteiger partial charge in [-0.25, -0.2) is 9.78 Å². The molecule has 0 aliphatic heterocycles. The quantitative estimate of drug-likeness (QED) is 0.839. The van der Waals surface area contributed by atoms with Gasteiger partial charge < -0.3 is 10.1 Å². The molecule has 20 heavy (non-hydrogen) atoms. The Morgan fingerprint density at radius 2 is 2.25 bits per heavy atom. The van der Waals surface area contributed by atoms with E-state index in [1.165, 1.54) is 16.9 Å². The summed E-state index contributed by atoms with van der Waals surface area (Å²) < 4.78 is 4.92. The van der Waals surface area contributed by atoms with Gasteiger partial charge in [-0.3, -0.25) is 0 Å². The van der Waals surface area contributed by atoms with Crippen molar-refractivity contribution in [2.45, 2.75) is 26.7 Å². The summed E-state index contributed by atoms with van der Waals surface area (Å²) in [5.41, 5.74) is 2.58. The number of hydrogen-bond acceptors (Lipinski definition) is 5. The molecule has 1 aromatic carbocycles. The van der Waals surface area contributed by atoms with Crippen molar-refractivity contribution in [2.24, 2.45) is 0 Å². The first kappa shape index (κ1) is 14.5. The Bertz CT molecular complexity index is 593. The normalized spacial score (nSPS) is 10.6. The van der Waals surface area contributed by atoms with Crippen molar-refractivity contribution in [1.29, 1.82) is 0 Å². The van der Waals surface area contributed by atoms with Crippen LogP contribution >= 0.6 is 11.3 Å². The van der Waals surface area contributed by atoms with Crippen LogP contribution in [0, 0.1) is 0 Å². The molecule has 0 spiro atoms. The van der Waals surface area contributed by atoms with Gasteiger partial charge in [-0.15, -0.1) is 11.3 Å². The highest BCUT2D eigenvalue weighted by Gasteiger charge is 2.11. The topological polar surface area (TPSA) is 51.2 Å². The molecule has 1 N–H and O–H groups in total. The van der Waals surface area contributed by atoms with Gasteiger partial charge in [0.25, 0.3) is 0 Å². The number of carbonyl (C=O) groups excluding carboxylic acids is 1. The number of anilines is 2. The molecule has 0 radical (unpaired) electrons. The van der Waals surface area contributed by atoms with Crippen molar-refractivity contribution in [3.05, 3.63) is 40.9 Å². The molecule has 1 heterocycles. The zero-order valence-corrected chi connectivity index (χ0v) is 12.7. The summed E-state index contributed by atoms with van der Waals surface area (Å²) in [7, 11) is 0. The second-order valence-electron chi connectivity index (χ2n) is 4.66. The van der Waals surface area contributed by atoms with Gasteiger partial charge in [0, 0.05) is 11.1 Å². The number of aromatic nitrogens is 1. The van der Waals surface area contributed by atoms with Gasteiger partial charge in [0.2, 0.25) is 0 Å². The zero-order chi connectivity index (χ0) is 14.5. The molecule has 0 saturated carbocycles. The molecule has 0 amide bonds. The first-order chi connectivity index (χ1) is 9.60. The van der Waals surface area contributed by atoms with Crippen molar-refractivity contribution >= 4 is 28.1 Å². The van der Waals surface area contributed by atoms with E-state index in [4.69, 9.17) is 4.74 Å². The van der Waals surface area contributed by atoms with Crippen LogP contribution in [0.1, 0.15) is 42.7 Å². The second kappa shape index (κ2) is 6.52. The molecule has 2 rings (SSSR count). The first-order valence-corrected chi connectivity index (χ1v) is 7.47. The number of carbonyl (C=O) groups is 1. The summed E-state index contributed by atoms with van der Waals surface area (Å²) in [6, 6.07) is 8.19. The molecule has 4 nitrogen and oxygen atoms in total. The van der Waals surface area contributed by atoms with E-state index < -0.39 is 0 Å². The fourth-order valence-electron chi connectivity index (χ4n) is 1.73. The number of esters is 1. The number of hydrogen-bond donors (Lipinski definition) is 1. The highest BCUT2D eigenvalue weighted by Crippen LogP contribution is 2.24. The van der Waals surface area contributed by atoms with Gasteiger partial charge in [0.1, 0.15) is 0 Å². The minimum atomic E-state index is -0.382. The van der Waals surface area contributed by atoms with E-state index in [9.17, 15) is 4.79 Å². The van der Waals surface area contributed by atoms with Gasteiger partial charge in [0.15, 0.2) is 10.8 Å². The van der Waals surface area contributed by atoms with E-state index in [1.807, 2.05) is 12.1 Å². The zero-order valence-electron chi connectivity index (χ0n) is 11.8. The highest BCUT2D eigenvalue weighted by molar-refractivity contribution is 7.14. The van der Waals surface area contributed by atoms with E-state index >= 15 is 0 Å². The Balaban J connectivity index is 2.10. The van der Waals surface area contributed by atoms with Gasteiger partial charge in [-0.05, 0) is 30.5 Å². The lowest BCUT2D eigenvalue weighted by atomic mass is 10.0. The smallest absolute Gasteiger partial charge is 0.357 e. The molecule has 2 aromatic rings. The molecular weight excluding hydrogens is 272 g/mol. The van der Waals surface area contributed by atoms with Crippen molar-refractivity contribution in [1.82, 2.24) is 4.98 Å². The summed E-state index contributed by atoms with van der Waals surface area (Å²) in [5.74, 6) is 0.0934. The average Bonchev–Trinajstić information content (AvgIpc) is 2.88. The molecule has 0 bridgehead atoms. The van der Waals surface area contributed by atoms with Crippen LogP contribution in [-0.4, -0.2) is 17.6 Å². The van der Waals surface area contributed by atoms with Crippen LogP contribution in [0.25, 0.3) is 0 Å². The number of nitrogens with zero attached hydrogens (tertiary/aromatic N) is 1. The minimum Gasteiger partial charge on any atom is -0.461 e. The van der Waals surface area contributed by atoms with Crippen LogP contribution in [0.15, 0.2) is 29.6 Å². The van der Waals surface area contributed by atoms with E-state index in [1.54, 1.807) is 12.3 Å². The molecule has 106 valence electrons. The number of nitrogens with one attached hydrogen (secondary N) is 1. The second-order valence-corrected chi connectivity index (χ2v) is 5.52. The maximum atomic E-state index is 11.5. The molecule has 5 heteroatoms. The first-order valence-electron chi connectivity index (χ1n) is 6.59. The van der Waals surface area contributed by atoms with E-state index in [-0.39, 0.29) is 5.97 Å². The summed E-state index contributed by atoms with van der Waals surface area (Å²) >= 11 is 1.39. The van der Waals surface area contributed by atoms with Gasteiger partial charge in [0.05, 0.1) is 6.61 Å². The van der Waals surface area contributed by atoms with Crippen molar-refractivity contribution in [2.75, 3.05) is 11.9 Å². The summed E-state index contributed by atoms with van der Waals surface area (Å²) in [5, 5.41) is 5.61. The third-order valence-corrected chi connectivity index (χ3v) is 3.55. The molecule has 0 aliphatic rings. The third kappa shape index (κ3) is 3.57. The SMILES string of the molecule is CCOC(=O)c1csc(Nc2cccc(C(C)C)c2)n1. The highest BCUT2D eigenvalue weighted by atomic mass is 32.1. The number of thiazole rings is 1. The van der Waals surface area contributed by atoms with Crippen molar-refractivity contribution in [3.8, 4) is 0 Å². The minimum absolute atomic E-state index is 0.347. The Morgan fingerprint density at radius 1 is 1.45 bits per heavy atom. The third-order valence-electron chi connectivity index (χ3n) is 2.79. The monoisotopic (exact) mass is 290 g/mol. The molecular formula is C15H18N2O2S. The fourth-order valence-corrected chi connectivity index (χ4v) is 2.43. The predicted octanol–water partition coefficient (Wildman–Crippen LogP) is 4.19. The lowest BCUT2D eigenvalue weighted by Gasteiger charge is -2.08. The average molecular weight is 290 g/mol. The molecule has 0 fully saturated rings. The Hall–Kier alpha value is -1.88. The van der Waals surface area contributed by atoms with Gasteiger partial charge >= 0.3 is 5.97 Å². The Labute approximate surface area is 122 Å². The van der Waals surface area contributed by atoms with Crippen LogP contribution in [0.5, 0.6) is 0 Å². The number of benzene rings is 1. The van der Waals surface area contributed by atoms with Gasteiger partial charge in [-0.2, -0.15) is 0 Å².